The van der Waals surface area contributed by atoms with Gasteiger partial charge in [0.1, 0.15) is 0 Å². The van der Waals surface area contributed by atoms with E-state index in [2.05, 4.69) is 20.8 Å². The lowest BCUT2D eigenvalue weighted by atomic mass is 9.99. The van der Waals surface area contributed by atoms with Gasteiger partial charge >= 0.3 is 0 Å². The summed E-state index contributed by atoms with van der Waals surface area (Å²) < 4.78 is 0. The summed E-state index contributed by atoms with van der Waals surface area (Å²) in [5, 5.41) is 0. The molecule has 0 bridgehead atoms. The molecule has 1 aliphatic rings. The molecule has 0 amide bonds. The van der Waals surface area contributed by atoms with Gasteiger partial charge in [-0.15, -0.1) is 8.58 Å². The van der Waals surface area contributed by atoms with Crippen molar-refractivity contribution in [2.75, 3.05) is 6.16 Å². The van der Waals surface area contributed by atoms with Crippen molar-refractivity contribution in [1.29, 1.82) is 0 Å². The molecule has 60 valence electrons. The quantitative estimate of drug-likeness (QED) is 0.541. The highest BCUT2D eigenvalue weighted by Gasteiger charge is 2.19. The lowest BCUT2D eigenvalue weighted by Crippen LogP contribution is -2.16. The minimum absolute atomic E-state index is 0.577. The van der Waals surface area contributed by atoms with E-state index in [1.165, 1.54) is 34.0 Å². The summed E-state index contributed by atoms with van der Waals surface area (Å²) in [5.74, 6) is 0. The van der Waals surface area contributed by atoms with E-state index >= 15 is 0 Å². The van der Waals surface area contributed by atoms with Crippen molar-refractivity contribution in [3.05, 3.63) is 0 Å². The van der Waals surface area contributed by atoms with Crippen molar-refractivity contribution in [1.82, 2.24) is 0 Å². The van der Waals surface area contributed by atoms with Crippen LogP contribution in [0.25, 0.3) is 0 Å². The van der Waals surface area contributed by atoms with Crippen LogP contribution in [0, 0.1) is 5.41 Å². The summed E-state index contributed by atoms with van der Waals surface area (Å²) >= 11 is 0. The molecule has 0 radical (unpaired) electrons. The third kappa shape index (κ3) is 3.01. The molecule has 1 unspecified atom stereocenters. The zero-order chi connectivity index (χ0) is 7.61. The van der Waals surface area contributed by atoms with Crippen LogP contribution in [-0.4, -0.2) is 11.8 Å². The van der Waals surface area contributed by atoms with E-state index in [1.54, 1.807) is 0 Å². The molecule has 0 aromatic rings. The van der Waals surface area contributed by atoms with E-state index in [0.29, 0.717) is 5.41 Å². The molecular weight excluding hydrogens is 139 g/mol. The van der Waals surface area contributed by atoms with Gasteiger partial charge < -0.3 is 0 Å². The van der Waals surface area contributed by atoms with Gasteiger partial charge in [-0.2, -0.15) is 0 Å². The molecule has 1 saturated carbocycles. The largest absolute Gasteiger partial charge is 0.118 e. The summed E-state index contributed by atoms with van der Waals surface area (Å²) in [5.41, 5.74) is 1.70. The number of hydrogen-bond acceptors (Lipinski definition) is 0. The molecule has 1 rings (SSSR count). The normalized spacial score (nSPS) is 21.9. The van der Waals surface area contributed by atoms with Crippen LogP contribution < -0.4 is 0 Å². The molecule has 1 fully saturated rings. The van der Waals surface area contributed by atoms with Crippen LogP contribution in [0.5, 0.6) is 0 Å². The molecule has 0 saturated heterocycles. The number of hydrogen-bond donors (Lipinski definition) is 0. The van der Waals surface area contributed by atoms with E-state index in [-0.39, 0.29) is 0 Å². The van der Waals surface area contributed by atoms with Gasteiger partial charge in [-0.25, -0.2) is 0 Å². The van der Waals surface area contributed by atoms with Gasteiger partial charge in [0.25, 0.3) is 0 Å². The van der Waals surface area contributed by atoms with E-state index < -0.39 is 0 Å². The maximum Gasteiger partial charge on any atom is -0.0236 e. The van der Waals surface area contributed by atoms with Gasteiger partial charge in [-0.3, -0.25) is 0 Å². The fourth-order valence-corrected chi connectivity index (χ4v) is 2.78. The van der Waals surface area contributed by atoms with Crippen LogP contribution in [0.4, 0.5) is 0 Å². The first-order valence-corrected chi connectivity index (χ1v) is 5.60. The lowest BCUT2D eigenvalue weighted by molar-refractivity contribution is 0.467. The highest BCUT2D eigenvalue weighted by atomic mass is 31.1. The fraction of sp³-hybridized carbons (Fsp3) is 1.00. The predicted octanol–water partition coefficient (Wildman–Crippen LogP) is 3.26. The summed E-state index contributed by atoms with van der Waals surface area (Å²) in [6, 6.07) is 0. The Bertz CT molecular complexity index is 97.8. The van der Waals surface area contributed by atoms with Crippen molar-refractivity contribution in [3.8, 4) is 0 Å². The SMILES string of the molecule is CC(C)(C)CPC1CCC1. The minimum atomic E-state index is 0.577. The Labute approximate surface area is 66.6 Å². The van der Waals surface area contributed by atoms with Crippen molar-refractivity contribution in [2.45, 2.75) is 45.7 Å². The molecule has 0 spiro atoms. The van der Waals surface area contributed by atoms with Crippen LogP contribution in [0.1, 0.15) is 40.0 Å². The van der Waals surface area contributed by atoms with Crippen molar-refractivity contribution >= 4 is 8.58 Å². The summed E-state index contributed by atoms with van der Waals surface area (Å²) in [7, 11) is 1.24. The fourth-order valence-electron chi connectivity index (χ4n) is 1.06. The topological polar surface area (TPSA) is 0 Å². The second kappa shape index (κ2) is 3.22. The van der Waals surface area contributed by atoms with E-state index in [4.69, 9.17) is 0 Å². The molecule has 0 heterocycles. The zero-order valence-corrected chi connectivity index (χ0v) is 8.41. The third-order valence-electron chi connectivity index (χ3n) is 2.03. The van der Waals surface area contributed by atoms with Crippen LogP contribution in [0.2, 0.25) is 0 Å². The van der Waals surface area contributed by atoms with Gasteiger partial charge in [0.05, 0.1) is 0 Å². The van der Waals surface area contributed by atoms with E-state index in [1.807, 2.05) is 0 Å². The number of rotatable bonds is 2. The minimum Gasteiger partial charge on any atom is -0.118 e. The Morgan fingerprint density at radius 1 is 1.30 bits per heavy atom. The molecular formula is C9H19P. The van der Waals surface area contributed by atoms with Crippen LogP contribution in [-0.2, 0) is 0 Å². The molecule has 1 heteroatoms. The standard InChI is InChI=1S/C9H19P/c1-9(2,3)7-10-8-5-4-6-8/h8,10H,4-7H2,1-3H3. The Kier molecular flexibility index (Phi) is 2.74. The Hall–Kier alpha value is 0.430. The van der Waals surface area contributed by atoms with Crippen molar-refractivity contribution in [3.63, 3.8) is 0 Å². The smallest absolute Gasteiger partial charge is 0.0236 e. The zero-order valence-electron chi connectivity index (χ0n) is 7.41. The van der Waals surface area contributed by atoms with Gasteiger partial charge in [0.15, 0.2) is 0 Å². The molecule has 0 nitrogen and oxygen atoms in total. The summed E-state index contributed by atoms with van der Waals surface area (Å²) in [6.07, 6.45) is 5.99. The van der Waals surface area contributed by atoms with Crippen LogP contribution >= 0.6 is 8.58 Å². The average Bonchev–Trinajstić information content (AvgIpc) is 1.56. The first-order chi connectivity index (χ1) is 4.58. The molecule has 0 N–H and O–H groups in total. The van der Waals surface area contributed by atoms with Crippen molar-refractivity contribution < 1.29 is 0 Å². The van der Waals surface area contributed by atoms with Gasteiger partial charge in [-0.1, -0.05) is 27.2 Å². The molecule has 0 aliphatic heterocycles. The highest BCUT2D eigenvalue weighted by molar-refractivity contribution is 7.39. The first kappa shape index (κ1) is 8.53. The second-order valence-corrected chi connectivity index (χ2v) is 6.15. The Morgan fingerprint density at radius 3 is 2.20 bits per heavy atom. The van der Waals surface area contributed by atoms with Crippen LogP contribution in [0.3, 0.4) is 0 Å². The van der Waals surface area contributed by atoms with Crippen molar-refractivity contribution in [2.24, 2.45) is 5.41 Å². The van der Waals surface area contributed by atoms with E-state index in [9.17, 15) is 0 Å². The molecule has 1 atom stereocenters. The summed E-state index contributed by atoms with van der Waals surface area (Å²) in [4.78, 5) is 0. The second-order valence-electron chi connectivity index (χ2n) is 4.57. The maximum atomic E-state index is 2.35. The lowest BCUT2D eigenvalue weighted by Gasteiger charge is -2.28. The molecule has 0 aromatic carbocycles. The van der Waals surface area contributed by atoms with Gasteiger partial charge in [0, 0.05) is 0 Å². The molecule has 0 aromatic heterocycles. The monoisotopic (exact) mass is 158 g/mol. The molecule has 1 aliphatic carbocycles. The third-order valence-corrected chi connectivity index (χ3v) is 4.45. The first-order valence-electron chi connectivity index (χ1n) is 4.31. The van der Waals surface area contributed by atoms with E-state index in [0.717, 1.165) is 5.66 Å². The summed E-state index contributed by atoms with van der Waals surface area (Å²) in [6.45, 7) is 7.04. The highest BCUT2D eigenvalue weighted by Crippen LogP contribution is 2.39. The Morgan fingerprint density at radius 2 is 1.90 bits per heavy atom. The maximum absolute atomic E-state index is 2.35. The van der Waals surface area contributed by atoms with Gasteiger partial charge in [-0.05, 0) is 30.1 Å². The van der Waals surface area contributed by atoms with Crippen LogP contribution in [0.15, 0.2) is 0 Å². The molecule has 10 heavy (non-hydrogen) atoms. The van der Waals surface area contributed by atoms with Gasteiger partial charge in [0.2, 0.25) is 0 Å². The predicted molar refractivity (Wildman–Crippen MR) is 50.3 cm³/mol. The average molecular weight is 158 g/mol. The Balaban J connectivity index is 2.04.